The SMILES string of the molecule is Cc1cc(CN2CCN(C(=O)C3CC3)[C@@H](C)C2)c(C)c(Nc2nnc([C@@H](C)O)o2)c1. The van der Waals surface area contributed by atoms with Gasteiger partial charge in [0.15, 0.2) is 0 Å². The Kier molecular flexibility index (Phi) is 5.79. The van der Waals surface area contributed by atoms with Crippen LogP contribution in [-0.2, 0) is 11.3 Å². The van der Waals surface area contributed by atoms with E-state index in [0.717, 1.165) is 55.8 Å². The van der Waals surface area contributed by atoms with E-state index in [9.17, 15) is 9.90 Å². The van der Waals surface area contributed by atoms with Crippen LogP contribution in [0.4, 0.5) is 11.7 Å². The minimum Gasteiger partial charge on any atom is -0.405 e. The van der Waals surface area contributed by atoms with Crippen molar-refractivity contribution in [1.29, 1.82) is 0 Å². The molecule has 1 aliphatic carbocycles. The van der Waals surface area contributed by atoms with Gasteiger partial charge in [-0.3, -0.25) is 9.69 Å². The highest BCUT2D eigenvalue weighted by Gasteiger charge is 2.37. The zero-order valence-corrected chi connectivity index (χ0v) is 18.2. The molecule has 2 fully saturated rings. The molecule has 2 aliphatic rings. The van der Waals surface area contributed by atoms with Crippen LogP contribution in [0.1, 0.15) is 55.4 Å². The fourth-order valence-electron chi connectivity index (χ4n) is 4.11. The number of aliphatic hydroxyl groups is 1. The number of nitrogens with zero attached hydrogens (tertiary/aromatic N) is 4. The number of aryl methyl sites for hydroxylation is 1. The first-order chi connectivity index (χ1) is 14.3. The van der Waals surface area contributed by atoms with Crippen molar-refractivity contribution in [2.45, 2.75) is 59.2 Å². The van der Waals surface area contributed by atoms with Crippen molar-refractivity contribution in [1.82, 2.24) is 20.0 Å². The van der Waals surface area contributed by atoms with Crippen LogP contribution in [0.25, 0.3) is 0 Å². The van der Waals surface area contributed by atoms with E-state index in [2.05, 4.69) is 58.2 Å². The maximum absolute atomic E-state index is 12.5. The van der Waals surface area contributed by atoms with Gasteiger partial charge in [0, 0.05) is 43.8 Å². The third-order valence-corrected chi connectivity index (χ3v) is 6.01. The standard InChI is InChI=1S/C22H31N5O3/c1-13-9-18(12-26-7-8-27(14(2)11-26)21(29)17-5-6-17)15(3)19(10-13)23-22-25-24-20(30-22)16(4)28/h9-10,14,16-17,28H,5-8,11-12H2,1-4H3,(H,23,25)/t14-,16+/m0/s1. The van der Waals surface area contributed by atoms with Gasteiger partial charge < -0.3 is 19.7 Å². The predicted octanol–water partition coefficient (Wildman–Crippen LogP) is 2.93. The van der Waals surface area contributed by atoms with E-state index in [1.165, 1.54) is 5.56 Å². The molecule has 1 aromatic heterocycles. The number of amides is 1. The number of benzene rings is 1. The van der Waals surface area contributed by atoms with Crippen molar-refractivity contribution in [3.05, 3.63) is 34.7 Å². The van der Waals surface area contributed by atoms with E-state index in [-0.39, 0.29) is 23.9 Å². The molecule has 1 amide bonds. The number of rotatable bonds is 6. The van der Waals surface area contributed by atoms with Crippen LogP contribution in [-0.4, -0.2) is 56.7 Å². The minimum absolute atomic E-state index is 0.190. The molecule has 1 aromatic carbocycles. The van der Waals surface area contributed by atoms with Crippen LogP contribution in [0.5, 0.6) is 0 Å². The normalized spacial score (nSPS) is 21.0. The van der Waals surface area contributed by atoms with E-state index in [4.69, 9.17) is 4.42 Å². The molecule has 1 saturated heterocycles. The number of piperazine rings is 1. The maximum atomic E-state index is 12.5. The molecule has 0 unspecified atom stereocenters. The van der Waals surface area contributed by atoms with Gasteiger partial charge in [-0.25, -0.2) is 0 Å². The maximum Gasteiger partial charge on any atom is 0.320 e. The van der Waals surface area contributed by atoms with Crippen LogP contribution >= 0.6 is 0 Å². The smallest absolute Gasteiger partial charge is 0.320 e. The Bertz CT molecular complexity index is 921. The van der Waals surface area contributed by atoms with E-state index in [0.29, 0.717) is 5.91 Å². The van der Waals surface area contributed by atoms with Gasteiger partial charge in [0.2, 0.25) is 11.8 Å². The van der Waals surface area contributed by atoms with Crippen molar-refractivity contribution in [3.63, 3.8) is 0 Å². The number of anilines is 2. The molecule has 1 saturated carbocycles. The van der Waals surface area contributed by atoms with Crippen LogP contribution in [0.2, 0.25) is 0 Å². The van der Waals surface area contributed by atoms with Gasteiger partial charge in [-0.05, 0) is 63.3 Å². The Morgan fingerprint density at radius 3 is 2.70 bits per heavy atom. The molecule has 162 valence electrons. The van der Waals surface area contributed by atoms with Gasteiger partial charge in [0.1, 0.15) is 6.10 Å². The van der Waals surface area contributed by atoms with E-state index in [1.54, 1.807) is 6.92 Å². The fourth-order valence-corrected chi connectivity index (χ4v) is 4.11. The Labute approximate surface area is 177 Å². The Hall–Kier alpha value is -2.45. The average molecular weight is 414 g/mol. The molecule has 2 heterocycles. The molecule has 2 N–H and O–H groups in total. The van der Waals surface area contributed by atoms with E-state index >= 15 is 0 Å². The summed E-state index contributed by atoms with van der Waals surface area (Å²) in [7, 11) is 0. The van der Waals surface area contributed by atoms with Crippen LogP contribution in [0.15, 0.2) is 16.5 Å². The zero-order valence-electron chi connectivity index (χ0n) is 18.2. The Balaban J connectivity index is 1.44. The Morgan fingerprint density at radius 2 is 2.07 bits per heavy atom. The predicted molar refractivity (Wildman–Crippen MR) is 113 cm³/mol. The zero-order chi connectivity index (χ0) is 21.4. The first kappa shape index (κ1) is 20.8. The number of hydrogen-bond acceptors (Lipinski definition) is 7. The minimum atomic E-state index is -0.797. The summed E-state index contributed by atoms with van der Waals surface area (Å²) in [6, 6.07) is 4.78. The number of hydrogen-bond donors (Lipinski definition) is 2. The monoisotopic (exact) mass is 413 g/mol. The molecule has 0 bridgehead atoms. The summed E-state index contributed by atoms with van der Waals surface area (Å²) in [6.45, 7) is 11.3. The molecule has 4 rings (SSSR count). The lowest BCUT2D eigenvalue weighted by molar-refractivity contribution is -0.137. The first-order valence-corrected chi connectivity index (χ1v) is 10.7. The summed E-state index contributed by atoms with van der Waals surface area (Å²) in [4.78, 5) is 17.0. The van der Waals surface area contributed by atoms with Crippen molar-refractivity contribution < 1.29 is 14.3 Å². The summed E-state index contributed by atoms with van der Waals surface area (Å²) >= 11 is 0. The van der Waals surface area contributed by atoms with Crippen molar-refractivity contribution in [3.8, 4) is 0 Å². The summed E-state index contributed by atoms with van der Waals surface area (Å²) in [6.07, 6.45) is 1.32. The molecule has 0 radical (unpaired) electrons. The second-order valence-corrected chi connectivity index (χ2v) is 8.73. The average Bonchev–Trinajstić information content (AvgIpc) is 3.43. The molecule has 1 aliphatic heterocycles. The molecule has 8 heteroatoms. The number of carbonyl (C=O) groups excluding carboxylic acids is 1. The number of carbonyl (C=O) groups is 1. The van der Waals surface area contributed by atoms with Crippen molar-refractivity contribution in [2.24, 2.45) is 5.92 Å². The molecule has 2 atom stereocenters. The lowest BCUT2D eigenvalue weighted by atomic mass is 10.0. The highest BCUT2D eigenvalue weighted by molar-refractivity contribution is 5.81. The van der Waals surface area contributed by atoms with Crippen LogP contribution in [0.3, 0.4) is 0 Å². The summed E-state index contributed by atoms with van der Waals surface area (Å²) in [5, 5.41) is 20.6. The van der Waals surface area contributed by atoms with Crippen LogP contribution in [0, 0.1) is 19.8 Å². The van der Waals surface area contributed by atoms with Gasteiger partial charge in [-0.1, -0.05) is 11.2 Å². The molecule has 0 spiro atoms. The van der Waals surface area contributed by atoms with Gasteiger partial charge >= 0.3 is 6.01 Å². The highest BCUT2D eigenvalue weighted by Crippen LogP contribution is 2.32. The fraction of sp³-hybridized carbons (Fsp3) is 0.591. The van der Waals surface area contributed by atoms with Crippen LogP contribution < -0.4 is 5.32 Å². The van der Waals surface area contributed by atoms with Gasteiger partial charge in [0.05, 0.1) is 0 Å². The first-order valence-electron chi connectivity index (χ1n) is 10.7. The van der Waals surface area contributed by atoms with Gasteiger partial charge in [0.25, 0.3) is 0 Å². The summed E-state index contributed by atoms with van der Waals surface area (Å²) in [5.74, 6) is 0.817. The summed E-state index contributed by atoms with van der Waals surface area (Å²) in [5.41, 5.74) is 4.42. The second kappa shape index (κ2) is 8.35. The third kappa shape index (κ3) is 4.49. The lowest BCUT2D eigenvalue weighted by Gasteiger charge is -2.40. The lowest BCUT2D eigenvalue weighted by Crippen LogP contribution is -2.54. The molecule has 2 aromatic rings. The summed E-state index contributed by atoms with van der Waals surface area (Å²) < 4.78 is 5.48. The van der Waals surface area contributed by atoms with E-state index < -0.39 is 6.10 Å². The van der Waals surface area contributed by atoms with Crippen molar-refractivity contribution >= 4 is 17.6 Å². The second-order valence-electron chi connectivity index (χ2n) is 8.73. The van der Waals surface area contributed by atoms with Gasteiger partial charge in [-0.15, -0.1) is 5.10 Å². The molecule has 8 nitrogen and oxygen atoms in total. The van der Waals surface area contributed by atoms with Gasteiger partial charge in [-0.2, -0.15) is 0 Å². The highest BCUT2D eigenvalue weighted by atomic mass is 16.4. The topological polar surface area (TPSA) is 94.7 Å². The van der Waals surface area contributed by atoms with E-state index in [1.807, 2.05) is 0 Å². The third-order valence-electron chi connectivity index (χ3n) is 6.01. The molecular formula is C22H31N5O3. The largest absolute Gasteiger partial charge is 0.405 e. The number of aromatic nitrogens is 2. The Morgan fingerprint density at radius 1 is 1.30 bits per heavy atom. The quantitative estimate of drug-likeness (QED) is 0.752. The number of aliphatic hydroxyl groups excluding tert-OH is 1. The molecular weight excluding hydrogens is 382 g/mol. The number of nitrogens with one attached hydrogen (secondary N) is 1. The van der Waals surface area contributed by atoms with Crippen molar-refractivity contribution in [2.75, 3.05) is 25.0 Å². The molecule has 30 heavy (non-hydrogen) atoms.